The standard InChI is InChI=1S/C15H22N4/c1-2-18-9-4-3-7-14(18)13-11-19-12(10-16)6-5-8-15(19)17-13/h5-6,8,11,14H,2-4,7,9-10,16H2,1H3. The molecule has 0 amide bonds. The molecule has 3 heterocycles. The summed E-state index contributed by atoms with van der Waals surface area (Å²) >= 11 is 0. The molecule has 102 valence electrons. The minimum atomic E-state index is 0.476. The van der Waals surface area contributed by atoms with Crippen LogP contribution in [0.15, 0.2) is 24.4 Å². The highest BCUT2D eigenvalue weighted by molar-refractivity contribution is 5.42. The SMILES string of the molecule is CCN1CCCCC1c1cn2c(CN)cccc2n1. The van der Waals surface area contributed by atoms with Crippen molar-refractivity contribution < 1.29 is 0 Å². The Hall–Kier alpha value is -1.39. The van der Waals surface area contributed by atoms with Gasteiger partial charge in [0.05, 0.1) is 11.7 Å². The topological polar surface area (TPSA) is 46.6 Å². The van der Waals surface area contributed by atoms with Gasteiger partial charge in [0, 0.05) is 18.4 Å². The molecule has 0 spiro atoms. The van der Waals surface area contributed by atoms with Crippen LogP contribution in [0.2, 0.25) is 0 Å². The number of fused-ring (bicyclic) bond motifs is 1. The fourth-order valence-corrected chi connectivity index (χ4v) is 3.12. The third kappa shape index (κ3) is 2.26. The number of rotatable bonds is 3. The van der Waals surface area contributed by atoms with E-state index in [1.807, 2.05) is 6.07 Å². The molecule has 0 saturated carbocycles. The summed E-state index contributed by atoms with van der Waals surface area (Å²) in [6.45, 7) is 5.08. The summed E-state index contributed by atoms with van der Waals surface area (Å²) in [6, 6.07) is 6.63. The maximum Gasteiger partial charge on any atom is 0.137 e. The Balaban J connectivity index is 2.00. The Morgan fingerprint density at radius 3 is 3.05 bits per heavy atom. The lowest BCUT2D eigenvalue weighted by Crippen LogP contribution is -2.33. The van der Waals surface area contributed by atoms with Crippen LogP contribution in [-0.2, 0) is 6.54 Å². The smallest absolute Gasteiger partial charge is 0.137 e. The van der Waals surface area contributed by atoms with Crippen molar-refractivity contribution in [2.45, 2.75) is 38.8 Å². The van der Waals surface area contributed by atoms with Gasteiger partial charge >= 0.3 is 0 Å². The van der Waals surface area contributed by atoms with Crippen molar-refractivity contribution in [2.24, 2.45) is 5.73 Å². The van der Waals surface area contributed by atoms with Gasteiger partial charge in [-0.25, -0.2) is 4.98 Å². The van der Waals surface area contributed by atoms with Crippen LogP contribution in [0.5, 0.6) is 0 Å². The first kappa shape index (κ1) is 12.6. The molecule has 2 N–H and O–H groups in total. The molecule has 1 aliphatic heterocycles. The molecule has 0 aromatic carbocycles. The lowest BCUT2D eigenvalue weighted by atomic mass is 10.00. The molecule has 19 heavy (non-hydrogen) atoms. The molecule has 1 unspecified atom stereocenters. The molecule has 1 saturated heterocycles. The normalized spacial score (nSPS) is 21.1. The highest BCUT2D eigenvalue weighted by Crippen LogP contribution is 2.30. The summed E-state index contributed by atoms with van der Waals surface area (Å²) in [5.74, 6) is 0. The van der Waals surface area contributed by atoms with Crippen LogP contribution in [0.1, 0.15) is 43.6 Å². The van der Waals surface area contributed by atoms with Crippen molar-refractivity contribution in [1.82, 2.24) is 14.3 Å². The molecule has 3 rings (SSSR count). The zero-order valence-electron chi connectivity index (χ0n) is 11.5. The van der Waals surface area contributed by atoms with Crippen LogP contribution >= 0.6 is 0 Å². The van der Waals surface area contributed by atoms with Crippen molar-refractivity contribution in [2.75, 3.05) is 13.1 Å². The number of imidazole rings is 1. The number of nitrogens with two attached hydrogens (primary N) is 1. The van der Waals surface area contributed by atoms with Gasteiger partial charge in [-0.05, 0) is 38.1 Å². The van der Waals surface area contributed by atoms with E-state index in [9.17, 15) is 0 Å². The first-order valence-corrected chi connectivity index (χ1v) is 7.24. The quantitative estimate of drug-likeness (QED) is 0.919. The maximum absolute atomic E-state index is 5.80. The van der Waals surface area contributed by atoms with Gasteiger partial charge in [-0.2, -0.15) is 0 Å². The average Bonchev–Trinajstić information content (AvgIpc) is 2.90. The molecule has 1 fully saturated rings. The monoisotopic (exact) mass is 258 g/mol. The summed E-state index contributed by atoms with van der Waals surface area (Å²) in [4.78, 5) is 7.34. The third-order valence-corrected chi connectivity index (χ3v) is 4.17. The second kappa shape index (κ2) is 5.31. The molecule has 1 atom stereocenters. The van der Waals surface area contributed by atoms with Crippen LogP contribution < -0.4 is 5.73 Å². The molecule has 4 nitrogen and oxygen atoms in total. The summed E-state index contributed by atoms with van der Waals surface area (Å²) in [5.41, 5.74) is 9.13. The molecule has 0 aliphatic carbocycles. The van der Waals surface area contributed by atoms with E-state index in [1.54, 1.807) is 0 Å². The van der Waals surface area contributed by atoms with Crippen LogP contribution in [0, 0.1) is 0 Å². The fraction of sp³-hybridized carbons (Fsp3) is 0.533. The Labute approximate surface area is 114 Å². The first-order chi connectivity index (χ1) is 9.33. The van der Waals surface area contributed by atoms with Crippen molar-refractivity contribution >= 4 is 5.65 Å². The van der Waals surface area contributed by atoms with Crippen LogP contribution in [0.4, 0.5) is 0 Å². The lowest BCUT2D eigenvalue weighted by Gasteiger charge is -2.33. The minimum absolute atomic E-state index is 0.476. The Morgan fingerprint density at radius 1 is 1.37 bits per heavy atom. The van der Waals surface area contributed by atoms with Crippen molar-refractivity contribution in [1.29, 1.82) is 0 Å². The highest BCUT2D eigenvalue weighted by atomic mass is 15.2. The first-order valence-electron chi connectivity index (χ1n) is 7.24. The zero-order valence-corrected chi connectivity index (χ0v) is 11.5. The molecular formula is C15H22N4. The molecule has 2 aromatic rings. The maximum atomic E-state index is 5.80. The number of nitrogens with zero attached hydrogens (tertiary/aromatic N) is 3. The number of likely N-dealkylation sites (tertiary alicyclic amines) is 1. The molecule has 4 heteroatoms. The molecule has 2 aromatic heterocycles. The van der Waals surface area contributed by atoms with Crippen molar-refractivity contribution in [3.8, 4) is 0 Å². The summed E-state index contributed by atoms with van der Waals surface area (Å²) < 4.78 is 2.14. The predicted octanol–water partition coefficient (Wildman–Crippen LogP) is 2.34. The largest absolute Gasteiger partial charge is 0.325 e. The van der Waals surface area contributed by atoms with E-state index in [2.05, 4.69) is 34.6 Å². The molecule has 0 radical (unpaired) electrons. The molecule has 1 aliphatic rings. The Bertz CT molecular complexity index is 560. The van der Waals surface area contributed by atoms with Crippen LogP contribution in [0.3, 0.4) is 0 Å². The van der Waals surface area contributed by atoms with E-state index in [1.165, 1.54) is 31.5 Å². The zero-order chi connectivity index (χ0) is 13.2. The number of piperidine rings is 1. The van der Waals surface area contributed by atoms with Gasteiger partial charge in [0.2, 0.25) is 0 Å². The van der Waals surface area contributed by atoms with Crippen LogP contribution in [-0.4, -0.2) is 27.4 Å². The summed E-state index contributed by atoms with van der Waals surface area (Å²) in [6.07, 6.45) is 6.01. The number of hydrogen-bond donors (Lipinski definition) is 1. The van der Waals surface area contributed by atoms with E-state index in [-0.39, 0.29) is 0 Å². The van der Waals surface area contributed by atoms with Gasteiger partial charge < -0.3 is 10.1 Å². The van der Waals surface area contributed by atoms with Crippen molar-refractivity contribution in [3.63, 3.8) is 0 Å². The molecule has 0 bridgehead atoms. The van der Waals surface area contributed by atoms with E-state index in [0.29, 0.717) is 12.6 Å². The number of hydrogen-bond acceptors (Lipinski definition) is 3. The van der Waals surface area contributed by atoms with Gasteiger partial charge in [0.25, 0.3) is 0 Å². The summed E-state index contributed by atoms with van der Waals surface area (Å²) in [7, 11) is 0. The Kier molecular flexibility index (Phi) is 3.53. The van der Waals surface area contributed by atoms with Gasteiger partial charge in [0.15, 0.2) is 0 Å². The lowest BCUT2D eigenvalue weighted by molar-refractivity contribution is 0.154. The molecular weight excluding hydrogens is 236 g/mol. The van der Waals surface area contributed by atoms with Gasteiger partial charge in [-0.1, -0.05) is 19.4 Å². The predicted molar refractivity (Wildman–Crippen MR) is 76.9 cm³/mol. The van der Waals surface area contributed by atoms with Crippen molar-refractivity contribution in [3.05, 3.63) is 35.8 Å². The number of aromatic nitrogens is 2. The van der Waals surface area contributed by atoms with E-state index >= 15 is 0 Å². The number of pyridine rings is 1. The third-order valence-electron chi connectivity index (χ3n) is 4.17. The highest BCUT2D eigenvalue weighted by Gasteiger charge is 2.24. The van der Waals surface area contributed by atoms with Gasteiger partial charge in [-0.15, -0.1) is 0 Å². The van der Waals surface area contributed by atoms with E-state index in [0.717, 1.165) is 17.9 Å². The summed E-state index contributed by atoms with van der Waals surface area (Å²) in [5, 5.41) is 0. The minimum Gasteiger partial charge on any atom is -0.325 e. The fourth-order valence-electron chi connectivity index (χ4n) is 3.12. The van der Waals surface area contributed by atoms with E-state index in [4.69, 9.17) is 10.7 Å². The van der Waals surface area contributed by atoms with Gasteiger partial charge in [0.1, 0.15) is 5.65 Å². The average molecular weight is 258 g/mol. The van der Waals surface area contributed by atoms with Crippen LogP contribution in [0.25, 0.3) is 5.65 Å². The van der Waals surface area contributed by atoms with Gasteiger partial charge in [-0.3, -0.25) is 4.90 Å². The Morgan fingerprint density at radius 2 is 2.26 bits per heavy atom. The van der Waals surface area contributed by atoms with E-state index < -0.39 is 0 Å². The second-order valence-corrected chi connectivity index (χ2v) is 5.26. The second-order valence-electron chi connectivity index (χ2n) is 5.26.